The van der Waals surface area contributed by atoms with E-state index in [4.69, 9.17) is 4.98 Å². The van der Waals surface area contributed by atoms with Gasteiger partial charge in [0.2, 0.25) is 0 Å². The van der Waals surface area contributed by atoms with E-state index >= 15 is 0 Å². The number of rotatable bonds is 3. The fourth-order valence-corrected chi connectivity index (χ4v) is 4.09. The van der Waals surface area contributed by atoms with Gasteiger partial charge in [-0.1, -0.05) is 0 Å². The van der Waals surface area contributed by atoms with Crippen molar-refractivity contribution in [3.63, 3.8) is 0 Å². The minimum absolute atomic E-state index is 0.146. The van der Waals surface area contributed by atoms with E-state index in [1.807, 2.05) is 13.1 Å². The van der Waals surface area contributed by atoms with Crippen LogP contribution in [0.15, 0.2) is 36.8 Å². The topological polar surface area (TPSA) is 82.6 Å². The Kier molecular flexibility index (Phi) is 4.73. The molecule has 2 N–H and O–H groups in total. The predicted molar refractivity (Wildman–Crippen MR) is 112 cm³/mol. The van der Waals surface area contributed by atoms with Gasteiger partial charge in [-0.2, -0.15) is 13.2 Å². The second kappa shape index (κ2) is 7.45. The molecule has 5 rings (SSSR count). The molecule has 0 bridgehead atoms. The average Bonchev–Trinajstić information content (AvgIpc) is 3.24. The van der Waals surface area contributed by atoms with Crippen LogP contribution in [0.3, 0.4) is 0 Å². The maximum atomic E-state index is 13.2. The minimum Gasteiger partial charge on any atom is -0.356 e. The van der Waals surface area contributed by atoms with Crippen LogP contribution in [0, 0.1) is 0 Å². The van der Waals surface area contributed by atoms with E-state index in [2.05, 4.69) is 30.2 Å². The molecule has 0 atom stereocenters. The summed E-state index contributed by atoms with van der Waals surface area (Å²) in [6.45, 7) is 1.86. The maximum absolute atomic E-state index is 13.2. The van der Waals surface area contributed by atoms with Crippen LogP contribution < -0.4 is 10.2 Å². The van der Waals surface area contributed by atoms with E-state index in [9.17, 15) is 13.2 Å². The van der Waals surface area contributed by atoms with Gasteiger partial charge in [0.05, 0.1) is 11.7 Å². The molecular formula is C21H20F3N7. The lowest BCUT2D eigenvalue weighted by Gasteiger charge is -2.33. The Hall–Kier alpha value is -3.27. The highest BCUT2D eigenvalue weighted by molar-refractivity contribution is 5.95. The summed E-state index contributed by atoms with van der Waals surface area (Å²) in [5, 5.41) is 4.54. The highest BCUT2D eigenvalue weighted by Gasteiger charge is 2.33. The molecule has 0 aromatic carbocycles. The minimum atomic E-state index is -4.49. The summed E-state index contributed by atoms with van der Waals surface area (Å²) < 4.78 is 39.7. The van der Waals surface area contributed by atoms with E-state index in [0.29, 0.717) is 28.3 Å². The summed E-state index contributed by atoms with van der Waals surface area (Å²) in [6.07, 6.45) is 2.27. The van der Waals surface area contributed by atoms with Crippen LogP contribution in [-0.4, -0.2) is 51.1 Å². The van der Waals surface area contributed by atoms with E-state index in [-0.39, 0.29) is 5.65 Å². The largest absolute Gasteiger partial charge is 0.431 e. The number of aromatic nitrogens is 5. The van der Waals surface area contributed by atoms with Crippen LogP contribution in [0.25, 0.3) is 33.3 Å². The molecule has 4 aromatic rings. The molecular weight excluding hydrogens is 407 g/mol. The van der Waals surface area contributed by atoms with Crippen molar-refractivity contribution < 1.29 is 13.2 Å². The zero-order valence-corrected chi connectivity index (χ0v) is 16.7. The Labute approximate surface area is 175 Å². The Morgan fingerprint density at radius 1 is 1.06 bits per heavy atom. The molecule has 0 spiro atoms. The van der Waals surface area contributed by atoms with Crippen LogP contribution in [0.1, 0.15) is 18.5 Å². The van der Waals surface area contributed by atoms with Crippen molar-refractivity contribution in [1.82, 2.24) is 30.2 Å². The molecule has 1 aliphatic heterocycles. The van der Waals surface area contributed by atoms with Crippen molar-refractivity contribution >= 4 is 27.8 Å². The number of hydrogen-bond donors (Lipinski definition) is 2. The number of aromatic amines is 1. The lowest BCUT2D eigenvalue weighted by atomic mass is 10.0. The standard InChI is InChI=1S/C21H20F3N7/c1-31(12-2-6-25-7-3-12)20-14-4-8-26-11-16(14)28-19(30-20)13-5-9-27-18-15(13)10-17(29-18)21(22,23)24/h4-5,8-12,25H,2-3,6-7H2,1H3,(H,27,29). The smallest absolute Gasteiger partial charge is 0.356 e. The molecule has 1 aliphatic rings. The summed E-state index contributed by atoms with van der Waals surface area (Å²) in [5.74, 6) is 1.09. The van der Waals surface area contributed by atoms with Gasteiger partial charge in [0.25, 0.3) is 0 Å². The van der Waals surface area contributed by atoms with Crippen LogP contribution in [-0.2, 0) is 6.18 Å². The van der Waals surface area contributed by atoms with Gasteiger partial charge in [0, 0.05) is 41.8 Å². The number of alkyl halides is 3. The lowest BCUT2D eigenvalue weighted by Crippen LogP contribution is -2.41. The first-order chi connectivity index (χ1) is 14.9. The first-order valence-electron chi connectivity index (χ1n) is 10.0. The number of halogens is 3. The van der Waals surface area contributed by atoms with Gasteiger partial charge in [-0.3, -0.25) is 4.98 Å². The third-order valence-corrected chi connectivity index (χ3v) is 5.75. The molecule has 4 aromatic heterocycles. The van der Waals surface area contributed by atoms with Crippen LogP contribution in [0.5, 0.6) is 0 Å². The normalized spacial score (nSPS) is 15.6. The highest BCUT2D eigenvalue weighted by atomic mass is 19.4. The monoisotopic (exact) mass is 427 g/mol. The second-order valence-corrected chi connectivity index (χ2v) is 7.66. The molecule has 0 unspecified atom stereocenters. The van der Waals surface area contributed by atoms with Crippen LogP contribution in [0.4, 0.5) is 19.0 Å². The number of pyridine rings is 2. The summed E-state index contributed by atoms with van der Waals surface area (Å²) in [6, 6.07) is 4.88. The van der Waals surface area contributed by atoms with Crippen molar-refractivity contribution in [1.29, 1.82) is 0 Å². The van der Waals surface area contributed by atoms with Gasteiger partial charge in [0.15, 0.2) is 5.82 Å². The second-order valence-electron chi connectivity index (χ2n) is 7.66. The lowest BCUT2D eigenvalue weighted by molar-refractivity contribution is -0.140. The molecule has 31 heavy (non-hydrogen) atoms. The molecule has 1 fully saturated rings. The third-order valence-electron chi connectivity index (χ3n) is 5.75. The number of fused-ring (bicyclic) bond motifs is 2. The molecule has 0 amide bonds. The molecule has 0 radical (unpaired) electrons. The van der Waals surface area contributed by atoms with Gasteiger partial charge in [0.1, 0.15) is 17.2 Å². The van der Waals surface area contributed by atoms with Gasteiger partial charge in [-0.15, -0.1) is 0 Å². The summed E-state index contributed by atoms with van der Waals surface area (Å²) in [7, 11) is 2.00. The molecule has 7 nitrogen and oxygen atoms in total. The number of hydrogen-bond acceptors (Lipinski definition) is 6. The van der Waals surface area contributed by atoms with Gasteiger partial charge >= 0.3 is 6.18 Å². The number of nitrogens with zero attached hydrogens (tertiary/aromatic N) is 5. The predicted octanol–water partition coefficient (Wildman–Crippen LogP) is 3.78. The maximum Gasteiger partial charge on any atom is 0.431 e. The Morgan fingerprint density at radius 2 is 1.87 bits per heavy atom. The van der Waals surface area contributed by atoms with E-state index in [1.165, 1.54) is 6.20 Å². The molecule has 160 valence electrons. The van der Waals surface area contributed by atoms with Gasteiger partial charge in [-0.25, -0.2) is 15.0 Å². The highest BCUT2D eigenvalue weighted by Crippen LogP contribution is 2.35. The Bertz CT molecular complexity index is 1240. The molecule has 5 heterocycles. The van der Waals surface area contributed by atoms with Crippen molar-refractivity contribution in [3.8, 4) is 11.4 Å². The Morgan fingerprint density at radius 3 is 2.65 bits per heavy atom. The van der Waals surface area contributed by atoms with E-state index < -0.39 is 11.9 Å². The molecule has 1 saturated heterocycles. The van der Waals surface area contributed by atoms with E-state index in [0.717, 1.165) is 43.2 Å². The zero-order valence-electron chi connectivity index (χ0n) is 16.7. The van der Waals surface area contributed by atoms with Gasteiger partial charge in [-0.05, 0) is 44.1 Å². The SMILES string of the molecule is CN(c1nc(-c2ccnc3[nH]c(C(F)(F)F)cc23)nc2cnccc12)C1CCNCC1. The van der Waals surface area contributed by atoms with Gasteiger partial charge < -0.3 is 15.2 Å². The third kappa shape index (κ3) is 3.56. The fourth-order valence-electron chi connectivity index (χ4n) is 4.09. The summed E-state index contributed by atoms with van der Waals surface area (Å²) in [4.78, 5) is 22.2. The van der Waals surface area contributed by atoms with Crippen molar-refractivity contribution in [2.24, 2.45) is 0 Å². The Balaban J connectivity index is 1.68. The number of H-pyrrole nitrogens is 1. The first kappa shape index (κ1) is 19.7. The van der Waals surface area contributed by atoms with Crippen LogP contribution in [0.2, 0.25) is 0 Å². The molecule has 0 saturated carbocycles. The van der Waals surface area contributed by atoms with Crippen molar-refractivity contribution in [2.45, 2.75) is 25.1 Å². The van der Waals surface area contributed by atoms with Crippen molar-refractivity contribution in [2.75, 3.05) is 25.0 Å². The fraction of sp³-hybridized carbons (Fsp3) is 0.333. The van der Waals surface area contributed by atoms with Crippen LogP contribution >= 0.6 is 0 Å². The summed E-state index contributed by atoms with van der Waals surface area (Å²) in [5.41, 5.74) is 0.423. The molecule has 0 aliphatic carbocycles. The quantitative estimate of drug-likeness (QED) is 0.518. The summed E-state index contributed by atoms with van der Waals surface area (Å²) >= 11 is 0. The first-order valence-corrected chi connectivity index (χ1v) is 10.0. The van der Waals surface area contributed by atoms with Crippen molar-refractivity contribution in [3.05, 3.63) is 42.5 Å². The average molecular weight is 427 g/mol. The number of anilines is 1. The molecule has 10 heteroatoms. The number of piperidine rings is 1. The van der Waals surface area contributed by atoms with E-state index in [1.54, 1.807) is 18.5 Å². The number of nitrogens with one attached hydrogen (secondary N) is 2. The zero-order chi connectivity index (χ0) is 21.6.